The van der Waals surface area contributed by atoms with Crippen molar-refractivity contribution in [2.45, 2.75) is 31.6 Å². The zero-order valence-electron chi connectivity index (χ0n) is 18.3. The molecule has 0 N–H and O–H groups in total. The Morgan fingerprint density at radius 1 is 0.818 bits per heavy atom. The van der Waals surface area contributed by atoms with Crippen LogP contribution in [0, 0.1) is 19.3 Å². The maximum absolute atomic E-state index is 13.3. The van der Waals surface area contributed by atoms with Crippen LogP contribution in [0.1, 0.15) is 51.7 Å². The van der Waals surface area contributed by atoms with E-state index in [1.54, 1.807) is 24.3 Å². The first-order valence-electron chi connectivity index (χ1n) is 10.6. The van der Waals surface area contributed by atoms with E-state index in [2.05, 4.69) is 5.92 Å². The van der Waals surface area contributed by atoms with Crippen molar-refractivity contribution in [3.05, 3.63) is 105 Å². The van der Waals surface area contributed by atoms with Gasteiger partial charge in [-0.25, -0.2) is 0 Å². The fraction of sp³-hybridized carbons (Fsp3) is 0.214. The SMILES string of the molecule is C#CCOC(=O)C[C@@H](c1ccc(Cl)cc1)[C@@H](CC(=O)c1ccc(C)cc1)c1ccc(Cl)cc1. The molecule has 33 heavy (non-hydrogen) atoms. The molecule has 0 fully saturated rings. The van der Waals surface area contributed by atoms with Crippen molar-refractivity contribution < 1.29 is 14.3 Å². The minimum absolute atomic E-state index is 0.00842. The highest BCUT2D eigenvalue weighted by Gasteiger charge is 2.30. The summed E-state index contributed by atoms with van der Waals surface area (Å²) in [6.45, 7) is 1.88. The van der Waals surface area contributed by atoms with Gasteiger partial charge in [-0.1, -0.05) is 83.2 Å². The van der Waals surface area contributed by atoms with Crippen molar-refractivity contribution in [3.63, 3.8) is 0 Å². The summed E-state index contributed by atoms with van der Waals surface area (Å²) in [5.74, 6) is 1.26. The monoisotopic (exact) mass is 478 g/mol. The van der Waals surface area contributed by atoms with Crippen molar-refractivity contribution in [2.75, 3.05) is 6.61 Å². The first-order valence-corrected chi connectivity index (χ1v) is 11.3. The Hall–Kier alpha value is -3.06. The van der Waals surface area contributed by atoms with Crippen molar-refractivity contribution in [3.8, 4) is 12.3 Å². The molecule has 0 aliphatic heterocycles. The van der Waals surface area contributed by atoms with Gasteiger partial charge in [-0.05, 0) is 48.2 Å². The zero-order valence-corrected chi connectivity index (χ0v) is 19.8. The first kappa shape index (κ1) is 24.6. The third kappa shape index (κ3) is 6.96. The summed E-state index contributed by atoms with van der Waals surface area (Å²) in [6.07, 6.45) is 5.52. The van der Waals surface area contributed by atoms with Crippen LogP contribution in [0.4, 0.5) is 0 Å². The number of rotatable bonds is 9. The van der Waals surface area contributed by atoms with Crippen LogP contribution in [0.15, 0.2) is 72.8 Å². The van der Waals surface area contributed by atoms with Gasteiger partial charge in [0.1, 0.15) is 0 Å². The predicted molar refractivity (Wildman–Crippen MR) is 133 cm³/mol. The van der Waals surface area contributed by atoms with Gasteiger partial charge in [-0.2, -0.15) is 0 Å². The lowest BCUT2D eigenvalue weighted by Gasteiger charge is -2.27. The molecule has 2 atom stereocenters. The molecule has 0 unspecified atom stereocenters. The van der Waals surface area contributed by atoms with Gasteiger partial charge in [0.15, 0.2) is 12.4 Å². The minimum Gasteiger partial charge on any atom is -0.452 e. The third-order valence-electron chi connectivity index (χ3n) is 5.56. The Kier molecular flexibility index (Phi) is 8.72. The van der Waals surface area contributed by atoms with Gasteiger partial charge >= 0.3 is 5.97 Å². The van der Waals surface area contributed by atoms with Gasteiger partial charge in [0.05, 0.1) is 6.42 Å². The first-order chi connectivity index (χ1) is 15.9. The van der Waals surface area contributed by atoms with Gasteiger partial charge in [0, 0.05) is 27.9 Å². The van der Waals surface area contributed by atoms with Crippen molar-refractivity contribution in [2.24, 2.45) is 0 Å². The van der Waals surface area contributed by atoms with Crippen molar-refractivity contribution >= 4 is 35.0 Å². The van der Waals surface area contributed by atoms with Crippen molar-refractivity contribution in [1.29, 1.82) is 0 Å². The smallest absolute Gasteiger partial charge is 0.307 e. The molecule has 0 radical (unpaired) electrons. The Morgan fingerprint density at radius 3 is 1.79 bits per heavy atom. The van der Waals surface area contributed by atoms with Crippen LogP contribution in [-0.2, 0) is 9.53 Å². The highest BCUT2D eigenvalue weighted by atomic mass is 35.5. The molecule has 3 aromatic rings. The summed E-state index contributed by atoms with van der Waals surface area (Å²) >= 11 is 12.2. The van der Waals surface area contributed by atoms with Crippen LogP contribution in [0.3, 0.4) is 0 Å². The average molecular weight is 479 g/mol. The number of benzene rings is 3. The number of ketones is 1. The highest BCUT2D eigenvalue weighted by molar-refractivity contribution is 6.30. The summed E-state index contributed by atoms with van der Waals surface area (Å²) < 4.78 is 5.17. The molecule has 0 spiro atoms. The summed E-state index contributed by atoms with van der Waals surface area (Å²) in [7, 11) is 0. The number of carbonyl (C=O) groups excluding carboxylic acids is 2. The van der Waals surface area contributed by atoms with Crippen LogP contribution in [0.2, 0.25) is 10.0 Å². The molecule has 3 aromatic carbocycles. The summed E-state index contributed by atoms with van der Waals surface area (Å²) in [5, 5.41) is 1.19. The number of aryl methyl sites for hydroxylation is 1. The second-order valence-electron chi connectivity index (χ2n) is 7.88. The van der Waals surface area contributed by atoms with E-state index < -0.39 is 5.97 Å². The number of hydrogen-bond donors (Lipinski definition) is 0. The van der Waals surface area contributed by atoms with E-state index in [0.717, 1.165) is 16.7 Å². The van der Waals surface area contributed by atoms with Gasteiger partial charge < -0.3 is 4.74 Å². The maximum Gasteiger partial charge on any atom is 0.307 e. The molecule has 0 bridgehead atoms. The third-order valence-corrected chi connectivity index (χ3v) is 6.07. The standard InChI is InChI=1S/C28H24Cl2O3/c1-3-16-33-28(32)18-26(21-10-14-24(30)15-11-21)25(20-8-12-23(29)13-9-20)17-27(31)22-6-4-19(2)5-7-22/h1,4-15,25-26H,16-18H2,2H3/t25-,26-/m0/s1. The lowest BCUT2D eigenvalue weighted by Crippen LogP contribution is -2.20. The largest absolute Gasteiger partial charge is 0.452 e. The number of halogens is 2. The molecule has 0 aliphatic carbocycles. The Morgan fingerprint density at radius 2 is 1.30 bits per heavy atom. The summed E-state index contributed by atoms with van der Waals surface area (Å²) in [5.41, 5.74) is 3.50. The highest BCUT2D eigenvalue weighted by Crippen LogP contribution is 2.40. The maximum atomic E-state index is 13.3. The summed E-state index contributed by atoms with van der Waals surface area (Å²) in [6, 6.07) is 22.2. The molecule has 0 aromatic heterocycles. The molecule has 0 heterocycles. The fourth-order valence-electron chi connectivity index (χ4n) is 3.82. The zero-order chi connectivity index (χ0) is 23.8. The molecule has 0 amide bonds. The minimum atomic E-state index is -0.422. The number of esters is 1. The second kappa shape index (κ2) is 11.7. The fourth-order valence-corrected chi connectivity index (χ4v) is 4.07. The number of terminal acetylenes is 1. The van der Waals surface area contributed by atoms with Crippen molar-refractivity contribution in [1.82, 2.24) is 0 Å². The van der Waals surface area contributed by atoms with Crippen LogP contribution < -0.4 is 0 Å². The van der Waals surface area contributed by atoms with E-state index in [-0.39, 0.29) is 37.1 Å². The number of ether oxygens (including phenoxy) is 1. The Labute approximate surface area is 204 Å². The van der Waals surface area contributed by atoms with Gasteiger partial charge in [0.25, 0.3) is 0 Å². The van der Waals surface area contributed by atoms with E-state index >= 15 is 0 Å². The van der Waals surface area contributed by atoms with Crippen LogP contribution in [-0.4, -0.2) is 18.4 Å². The molecule has 0 saturated heterocycles. The number of hydrogen-bond acceptors (Lipinski definition) is 3. The molecule has 168 valence electrons. The Bertz CT molecular complexity index is 1130. The van der Waals surface area contributed by atoms with E-state index in [4.69, 9.17) is 34.4 Å². The lowest BCUT2D eigenvalue weighted by atomic mass is 9.76. The van der Waals surface area contributed by atoms with E-state index in [9.17, 15) is 9.59 Å². The molecule has 0 saturated carbocycles. The molecule has 0 aliphatic rings. The van der Waals surface area contributed by atoms with Gasteiger partial charge in [0.2, 0.25) is 0 Å². The van der Waals surface area contributed by atoms with E-state index in [1.807, 2.05) is 55.5 Å². The molecule has 3 nitrogen and oxygen atoms in total. The lowest BCUT2D eigenvalue weighted by molar-refractivity contribution is -0.142. The van der Waals surface area contributed by atoms with E-state index in [0.29, 0.717) is 15.6 Å². The normalized spacial score (nSPS) is 12.4. The quantitative estimate of drug-likeness (QED) is 0.188. The molecular weight excluding hydrogens is 455 g/mol. The summed E-state index contributed by atoms with van der Waals surface area (Å²) in [4.78, 5) is 25.9. The van der Waals surface area contributed by atoms with Gasteiger partial charge in [-0.15, -0.1) is 6.42 Å². The molecule has 5 heteroatoms. The molecule has 3 rings (SSSR count). The number of carbonyl (C=O) groups is 2. The van der Waals surface area contributed by atoms with Gasteiger partial charge in [-0.3, -0.25) is 9.59 Å². The average Bonchev–Trinajstić information content (AvgIpc) is 2.81. The van der Waals surface area contributed by atoms with E-state index in [1.165, 1.54) is 0 Å². The topological polar surface area (TPSA) is 43.4 Å². The predicted octanol–water partition coefficient (Wildman–Crippen LogP) is 7.01. The second-order valence-corrected chi connectivity index (χ2v) is 8.75. The van der Waals surface area contributed by atoms with Crippen LogP contribution in [0.5, 0.6) is 0 Å². The molecular formula is C28H24Cl2O3. The number of Topliss-reactive ketones (excluding diaryl/α,β-unsaturated/α-hetero) is 1. The Balaban J connectivity index is 2.01. The van der Waals surface area contributed by atoms with Crippen LogP contribution in [0.25, 0.3) is 0 Å². The van der Waals surface area contributed by atoms with Crippen LogP contribution >= 0.6 is 23.2 Å².